The monoisotopic (exact) mass is 523 g/mol. The summed E-state index contributed by atoms with van der Waals surface area (Å²) in [6.07, 6.45) is 2.29. The van der Waals surface area contributed by atoms with Gasteiger partial charge in [-0.25, -0.2) is 9.97 Å². The molecular weight excluding hydrogens is 490 g/mol. The van der Waals surface area contributed by atoms with Crippen LogP contribution in [0.5, 0.6) is 11.5 Å². The highest BCUT2D eigenvalue weighted by Gasteiger charge is 2.23. The van der Waals surface area contributed by atoms with Crippen molar-refractivity contribution in [2.24, 2.45) is 0 Å². The Morgan fingerprint density at radius 3 is 2.49 bits per heavy atom. The van der Waals surface area contributed by atoms with Gasteiger partial charge in [-0.2, -0.15) is 0 Å². The molecule has 4 rings (SSSR count). The Labute approximate surface area is 223 Å². The second kappa shape index (κ2) is 12.9. The number of rotatable bonds is 10. The van der Waals surface area contributed by atoms with Gasteiger partial charge in [-0.1, -0.05) is 41.9 Å². The molecule has 9 heteroatoms. The molecule has 8 nitrogen and oxygen atoms in total. The molecular formula is C28H34ClN5O3. The number of likely N-dealkylation sites (N-methyl/N-ethyl adjacent to an activating group) is 1. The van der Waals surface area contributed by atoms with Gasteiger partial charge in [0, 0.05) is 57.8 Å². The molecule has 1 saturated heterocycles. The molecule has 1 aliphatic heterocycles. The number of benzene rings is 2. The summed E-state index contributed by atoms with van der Waals surface area (Å²) < 4.78 is 10.8. The van der Waals surface area contributed by atoms with Crippen LogP contribution in [-0.4, -0.2) is 86.2 Å². The number of hydrogen-bond acceptors (Lipinski definition) is 7. The van der Waals surface area contributed by atoms with Crippen molar-refractivity contribution in [3.8, 4) is 11.5 Å². The number of amides is 1. The van der Waals surface area contributed by atoms with Crippen molar-refractivity contribution >= 4 is 23.3 Å². The minimum absolute atomic E-state index is 0.0904. The molecule has 0 aliphatic carbocycles. The van der Waals surface area contributed by atoms with Crippen LogP contribution in [0.1, 0.15) is 16.8 Å². The zero-order valence-electron chi connectivity index (χ0n) is 21.7. The van der Waals surface area contributed by atoms with Crippen LogP contribution in [0.3, 0.4) is 0 Å². The predicted molar refractivity (Wildman–Crippen MR) is 146 cm³/mol. The van der Waals surface area contributed by atoms with Crippen molar-refractivity contribution in [2.75, 3.05) is 65.4 Å². The maximum atomic E-state index is 13.8. The molecule has 0 radical (unpaired) electrons. The zero-order valence-corrected chi connectivity index (χ0v) is 22.4. The van der Waals surface area contributed by atoms with Gasteiger partial charge in [-0.15, -0.1) is 0 Å². The van der Waals surface area contributed by atoms with Crippen LogP contribution in [0.25, 0.3) is 0 Å². The van der Waals surface area contributed by atoms with Crippen LogP contribution in [0.4, 0.5) is 5.82 Å². The largest absolute Gasteiger partial charge is 0.497 e. The van der Waals surface area contributed by atoms with E-state index in [4.69, 9.17) is 21.1 Å². The molecule has 196 valence electrons. The third kappa shape index (κ3) is 7.19. The van der Waals surface area contributed by atoms with E-state index in [0.717, 1.165) is 44.0 Å². The highest BCUT2D eigenvalue weighted by atomic mass is 35.5. The standard InChI is InChI=1S/C28H34ClN5O3/c1-32-9-11-33(12-10-32)13-14-34(26-18-23(30-20-31-26)15-21-7-5-4-6-8-21)27(35)17-22-16-24(36-2)19-25(37-3)28(22)29/h4-8,16,18-20H,9-15,17H2,1-3H3. The van der Waals surface area contributed by atoms with Crippen LogP contribution in [0.15, 0.2) is 54.9 Å². The first-order valence-electron chi connectivity index (χ1n) is 12.4. The molecule has 1 fully saturated rings. The molecule has 0 spiro atoms. The summed E-state index contributed by atoms with van der Waals surface area (Å²) in [7, 11) is 5.25. The highest BCUT2D eigenvalue weighted by Crippen LogP contribution is 2.33. The number of nitrogens with zero attached hydrogens (tertiary/aromatic N) is 5. The van der Waals surface area contributed by atoms with Crippen LogP contribution < -0.4 is 14.4 Å². The van der Waals surface area contributed by atoms with Gasteiger partial charge in [0.2, 0.25) is 5.91 Å². The number of aromatic nitrogens is 2. The van der Waals surface area contributed by atoms with Crippen molar-refractivity contribution < 1.29 is 14.3 Å². The van der Waals surface area contributed by atoms with Gasteiger partial charge in [0.15, 0.2) is 0 Å². The molecule has 1 aromatic heterocycles. The van der Waals surface area contributed by atoms with E-state index in [1.807, 2.05) is 24.3 Å². The van der Waals surface area contributed by atoms with Crippen LogP contribution >= 0.6 is 11.6 Å². The quantitative estimate of drug-likeness (QED) is 0.402. The van der Waals surface area contributed by atoms with E-state index in [0.29, 0.717) is 40.9 Å². The van der Waals surface area contributed by atoms with E-state index in [2.05, 4.69) is 38.9 Å². The molecule has 0 bridgehead atoms. The van der Waals surface area contributed by atoms with Gasteiger partial charge in [0.25, 0.3) is 0 Å². The number of anilines is 1. The van der Waals surface area contributed by atoms with Crippen molar-refractivity contribution in [3.63, 3.8) is 0 Å². The minimum Gasteiger partial charge on any atom is -0.497 e. The smallest absolute Gasteiger partial charge is 0.232 e. The Balaban J connectivity index is 1.58. The summed E-state index contributed by atoms with van der Waals surface area (Å²) in [4.78, 5) is 29.2. The molecule has 37 heavy (non-hydrogen) atoms. The predicted octanol–water partition coefficient (Wildman–Crippen LogP) is 3.56. The van der Waals surface area contributed by atoms with Gasteiger partial charge in [0.05, 0.1) is 31.4 Å². The van der Waals surface area contributed by atoms with Crippen molar-refractivity contribution in [3.05, 3.63) is 76.7 Å². The Morgan fingerprint density at radius 1 is 1.03 bits per heavy atom. The molecule has 1 amide bonds. The van der Waals surface area contributed by atoms with Gasteiger partial charge < -0.3 is 14.4 Å². The topological polar surface area (TPSA) is 71.0 Å². The molecule has 0 unspecified atom stereocenters. The van der Waals surface area contributed by atoms with Crippen LogP contribution in [-0.2, 0) is 17.6 Å². The average Bonchev–Trinajstić information content (AvgIpc) is 2.92. The SMILES string of the molecule is COc1cc(CC(=O)N(CCN2CCN(C)CC2)c2cc(Cc3ccccc3)ncn2)c(Cl)c(OC)c1. The van der Waals surface area contributed by atoms with E-state index < -0.39 is 0 Å². The summed E-state index contributed by atoms with van der Waals surface area (Å²) in [6, 6.07) is 15.5. The number of methoxy groups -OCH3 is 2. The van der Waals surface area contributed by atoms with E-state index in [9.17, 15) is 4.79 Å². The number of ether oxygens (including phenoxy) is 2. The summed E-state index contributed by atoms with van der Waals surface area (Å²) in [5, 5.41) is 0.406. The minimum atomic E-state index is -0.101. The molecule has 0 atom stereocenters. The first-order chi connectivity index (χ1) is 18.0. The molecule has 2 heterocycles. The number of carbonyl (C=O) groups is 1. The lowest BCUT2D eigenvalue weighted by Crippen LogP contribution is -2.48. The second-order valence-corrected chi connectivity index (χ2v) is 9.58. The molecule has 1 aliphatic rings. The van der Waals surface area contributed by atoms with E-state index in [-0.39, 0.29) is 12.3 Å². The summed E-state index contributed by atoms with van der Waals surface area (Å²) >= 11 is 6.57. The van der Waals surface area contributed by atoms with Gasteiger partial charge >= 0.3 is 0 Å². The van der Waals surface area contributed by atoms with Crippen LogP contribution in [0.2, 0.25) is 5.02 Å². The fourth-order valence-electron chi connectivity index (χ4n) is 4.40. The van der Waals surface area contributed by atoms with E-state index >= 15 is 0 Å². The first kappa shape index (κ1) is 26.9. The van der Waals surface area contributed by atoms with Crippen molar-refractivity contribution in [1.29, 1.82) is 0 Å². The van der Waals surface area contributed by atoms with Gasteiger partial charge in [-0.05, 0) is 24.2 Å². The maximum absolute atomic E-state index is 13.8. The number of piperazine rings is 1. The van der Waals surface area contributed by atoms with Gasteiger partial charge in [-0.3, -0.25) is 14.6 Å². The van der Waals surface area contributed by atoms with E-state index in [1.54, 1.807) is 31.3 Å². The summed E-state index contributed by atoms with van der Waals surface area (Å²) in [5.41, 5.74) is 2.65. The Bertz CT molecular complexity index is 1190. The number of halogens is 1. The lowest BCUT2D eigenvalue weighted by atomic mass is 10.1. The zero-order chi connectivity index (χ0) is 26.2. The Morgan fingerprint density at radius 2 is 1.78 bits per heavy atom. The Hall–Kier alpha value is -3.20. The lowest BCUT2D eigenvalue weighted by Gasteiger charge is -2.33. The van der Waals surface area contributed by atoms with Crippen molar-refractivity contribution in [1.82, 2.24) is 19.8 Å². The molecule has 0 N–H and O–H groups in total. The van der Waals surface area contributed by atoms with E-state index in [1.165, 1.54) is 6.33 Å². The fourth-order valence-corrected chi connectivity index (χ4v) is 4.65. The highest BCUT2D eigenvalue weighted by molar-refractivity contribution is 6.33. The second-order valence-electron chi connectivity index (χ2n) is 9.20. The molecule has 0 saturated carbocycles. The third-order valence-corrected chi connectivity index (χ3v) is 7.07. The maximum Gasteiger partial charge on any atom is 0.232 e. The summed E-state index contributed by atoms with van der Waals surface area (Å²) in [6.45, 7) is 5.25. The normalized spacial score (nSPS) is 14.4. The molecule has 3 aromatic rings. The number of carbonyl (C=O) groups excluding carboxylic acids is 1. The van der Waals surface area contributed by atoms with Gasteiger partial charge in [0.1, 0.15) is 23.6 Å². The van der Waals surface area contributed by atoms with Crippen molar-refractivity contribution in [2.45, 2.75) is 12.8 Å². The molecule has 2 aromatic carbocycles. The Kier molecular flexibility index (Phi) is 9.33. The fraction of sp³-hybridized carbons (Fsp3) is 0.393. The average molecular weight is 524 g/mol. The lowest BCUT2D eigenvalue weighted by molar-refractivity contribution is -0.118. The first-order valence-corrected chi connectivity index (χ1v) is 12.8. The number of hydrogen-bond donors (Lipinski definition) is 0. The van der Waals surface area contributed by atoms with Crippen LogP contribution in [0, 0.1) is 0 Å². The third-order valence-electron chi connectivity index (χ3n) is 6.64. The summed E-state index contributed by atoms with van der Waals surface area (Å²) in [5.74, 6) is 1.54.